The number of methoxy groups -OCH3 is 2. The summed E-state index contributed by atoms with van der Waals surface area (Å²) in [6.45, 7) is 0. The van der Waals surface area contributed by atoms with Crippen LogP contribution in [-0.4, -0.2) is 26.2 Å². The lowest BCUT2D eigenvalue weighted by Gasteiger charge is -2.31. The molecular weight excluding hydrogens is 316 g/mol. The SMILES string of the molecule is COC(=O)C1=C(C(=O)OC)C(c2ccccc2)(c2ccccc2)C=C1. The van der Waals surface area contributed by atoms with Gasteiger partial charge in [0.25, 0.3) is 0 Å². The molecule has 0 N–H and O–H groups in total. The van der Waals surface area contributed by atoms with Crippen molar-refractivity contribution in [2.45, 2.75) is 5.41 Å². The lowest BCUT2D eigenvalue weighted by Crippen LogP contribution is -2.32. The first-order valence-electron chi connectivity index (χ1n) is 7.87. The third kappa shape index (κ3) is 2.66. The molecular formula is C21H18O4. The maximum Gasteiger partial charge on any atom is 0.338 e. The van der Waals surface area contributed by atoms with Gasteiger partial charge in [0, 0.05) is 0 Å². The molecule has 1 aliphatic carbocycles. The van der Waals surface area contributed by atoms with Crippen LogP contribution in [0.15, 0.2) is 84.0 Å². The summed E-state index contributed by atoms with van der Waals surface area (Å²) in [5, 5.41) is 0. The minimum Gasteiger partial charge on any atom is -0.466 e. The summed E-state index contributed by atoms with van der Waals surface area (Å²) in [6, 6.07) is 19.1. The van der Waals surface area contributed by atoms with Crippen LogP contribution < -0.4 is 0 Å². The van der Waals surface area contributed by atoms with Crippen molar-refractivity contribution < 1.29 is 19.1 Å². The highest BCUT2D eigenvalue weighted by atomic mass is 16.5. The molecule has 25 heavy (non-hydrogen) atoms. The smallest absolute Gasteiger partial charge is 0.338 e. The zero-order valence-corrected chi connectivity index (χ0v) is 14.1. The van der Waals surface area contributed by atoms with Gasteiger partial charge in [0.1, 0.15) is 0 Å². The second-order valence-corrected chi connectivity index (χ2v) is 5.65. The number of allylic oxidation sites excluding steroid dienone is 1. The van der Waals surface area contributed by atoms with Crippen LogP contribution >= 0.6 is 0 Å². The largest absolute Gasteiger partial charge is 0.466 e. The van der Waals surface area contributed by atoms with E-state index < -0.39 is 17.4 Å². The molecule has 0 radical (unpaired) electrons. The molecule has 0 saturated heterocycles. The van der Waals surface area contributed by atoms with E-state index in [9.17, 15) is 9.59 Å². The van der Waals surface area contributed by atoms with Crippen LogP contribution in [0.4, 0.5) is 0 Å². The quantitative estimate of drug-likeness (QED) is 0.806. The summed E-state index contributed by atoms with van der Waals surface area (Å²) in [4.78, 5) is 24.9. The van der Waals surface area contributed by atoms with Gasteiger partial charge < -0.3 is 9.47 Å². The first-order chi connectivity index (χ1) is 12.1. The summed E-state index contributed by atoms with van der Waals surface area (Å²) in [6.07, 6.45) is 3.49. The fourth-order valence-corrected chi connectivity index (χ4v) is 3.29. The predicted molar refractivity (Wildman–Crippen MR) is 93.9 cm³/mol. The molecule has 0 heterocycles. The van der Waals surface area contributed by atoms with Crippen molar-refractivity contribution in [2.75, 3.05) is 14.2 Å². The fourth-order valence-electron chi connectivity index (χ4n) is 3.29. The molecule has 4 heteroatoms. The Hall–Kier alpha value is -3.14. The Labute approximate surface area is 146 Å². The van der Waals surface area contributed by atoms with Gasteiger partial charge >= 0.3 is 11.9 Å². The van der Waals surface area contributed by atoms with Gasteiger partial charge in [-0.25, -0.2) is 9.59 Å². The molecule has 2 aromatic carbocycles. The molecule has 1 aliphatic rings. The minimum absolute atomic E-state index is 0.210. The highest BCUT2D eigenvalue weighted by molar-refractivity contribution is 6.07. The zero-order valence-electron chi connectivity index (χ0n) is 14.1. The molecule has 0 saturated carbocycles. The molecule has 0 atom stereocenters. The summed E-state index contributed by atoms with van der Waals surface area (Å²) >= 11 is 0. The van der Waals surface area contributed by atoms with E-state index >= 15 is 0 Å². The molecule has 0 aliphatic heterocycles. The van der Waals surface area contributed by atoms with E-state index in [0.717, 1.165) is 11.1 Å². The standard InChI is InChI=1S/C21H18O4/c1-24-19(22)17-13-14-21(18(17)20(23)25-2,15-9-5-3-6-10-15)16-11-7-4-8-12-16/h3-14H,1-2H3. The summed E-state index contributed by atoms with van der Waals surface area (Å²) in [5.41, 5.74) is 1.31. The Morgan fingerprint density at radius 2 is 1.24 bits per heavy atom. The zero-order chi connectivity index (χ0) is 17.9. The molecule has 126 valence electrons. The Kier molecular flexibility index (Phi) is 4.52. The van der Waals surface area contributed by atoms with Gasteiger partial charge in [0.15, 0.2) is 0 Å². The maximum absolute atomic E-state index is 12.7. The molecule has 0 bridgehead atoms. The Morgan fingerprint density at radius 3 is 1.68 bits per heavy atom. The second kappa shape index (κ2) is 6.77. The Morgan fingerprint density at radius 1 is 0.760 bits per heavy atom. The topological polar surface area (TPSA) is 52.6 Å². The monoisotopic (exact) mass is 334 g/mol. The van der Waals surface area contributed by atoms with Crippen LogP contribution in [0.25, 0.3) is 0 Å². The average Bonchev–Trinajstić information content (AvgIpc) is 3.09. The Bertz CT molecular complexity index is 808. The van der Waals surface area contributed by atoms with Crippen LogP contribution in [0.1, 0.15) is 11.1 Å². The number of carbonyl (C=O) groups is 2. The normalized spacial score (nSPS) is 15.1. The van der Waals surface area contributed by atoms with E-state index in [2.05, 4.69) is 0 Å². The van der Waals surface area contributed by atoms with Crippen LogP contribution in [0.5, 0.6) is 0 Å². The van der Waals surface area contributed by atoms with Crippen LogP contribution in [-0.2, 0) is 24.5 Å². The van der Waals surface area contributed by atoms with E-state index in [1.54, 1.807) is 6.08 Å². The lowest BCUT2D eigenvalue weighted by atomic mass is 9.70. The summed E-state index contributed by atoms with van der Waals surface area (Å²) in [7, 11) is 2.60. The van der Waals surface area contributed by atoms with Gasteiger partial charge in [-0.3, -0.25) is 0 Å². The number of hydrogen-bond donors (Lipinski definition) is 0. The van der Waals surface area contributed by atoms with Crippen molar-refractivity contribution in [1.29, 1.82) is 0 Å². The number of rotatable bonds is 4. The molecule has 0 fully saturated rings. The Balaban J connectivity index is 2.36. The summed E-state index contributed by atoms with van der Waals surface area (Å²) in [5.74, 6) is -1.12. The lowest BCUT2D eigenvalue weighted by molar-refractivity contribution is -0.139. The van der Waals surface area contributed by atoms with Crippen molar-refractivity contribution >= 4 is 11.9 Å². The minimum atomic E-state index is -0.904. The highest BCUT2D eigenvalue weighted by Crippen LogP contribution is 2.46. The summed E-state index contributed by atoms with van der Waals surface area (Å²) < 4.78 is 9.88. The van der Waals surface area contributed by atoms with Crippen molar-refractivity contribution in [2.24, 2.45) is 0 Å². The van der Waals surface area contributed by atoms with Crippen LogP contribution in [0.2, 0.25) is 0 Å². The molecule has 0 amide bonds. The van der Waals surface area contributed by atoms with Gasteiger partial charge in [-0.2, -0.15) is 0 Å². The molecule has 4 nitrogen and oxygen atoms in total. The molecule has 0 spiro atoms. The number of esters is 2. The number of hydrogen-bond acceptors (Lipinski definition) is 4. The predicted octanol–water partition coefficient (Wildman–Crippen LogP) is 3.19. The highest BCUT2D eigenvalue weighted by Gasteiger charge is 2.46. The number of benzene rings is 2. The van der Waals surface area contributed by atoms with Crippen molar-refractivity contribution in [3.63, 3.8) is 0 Å². The fraction of sp³-hybridized carbons (Fsp3) is 0.143. The van der Waals surface area contributed by atoms with E-state index in [4.69, 9.17) is 9.47 Å². The van der Waals surface area contributed by atoms with Gasteiger partial charge in [-0.15, -0.1) is 0 Å². The van der Waals surface area contributed by atoms with Crippen LogP contribution in [0.3, 0.4) is 0 Å². The van der Waals surface area contributed by atoms with Gasteiger partial charge in [-0.1, -0.05) is 66.7 Å². The third-order valence-electron chi connectivity index (χ3n) is 4.42. The third-order valence-corrected chi connectivity index (χ3v) is 4.42. The van der Waals surface area contributed by atoms with E-state index in [-0.39, 0.29) is 11.1 Å². The maximum atomic E-state index is 12.7. The number of carbonyl (C=O) groups excluding carboxylic acids is 2. The number of ether oxygens (including phenoxy) is 2. The second-order valence-electron chi connectivity index (χ2n) is 5.65. The van der Waals surface area contributed by atoms with E-state index in [1.165, 1.54) is 14.2 Å². The molecule has 0 aromatic heterocycles. The van der Waals surface area contributed by atoms with Crippen LogP contribution in [0, 0.1) is 0 Å². The van der Waals surface area contributed by atoms with Crippen molar-refractivity contribution in [1.82, 2.24) is 0 Å². The van der Waals surface area contributed by atoms with E-state index in [0.29, 0.717) is 0 Å². The molecule has 0 unspecified atom stereocenters. The van der Waals surface area contributed by atoms with Gasteiger partial charge in [0.05, 0.1) is 30.8 Å². The average molecular weight is 334 g/mol. The molecule has 2 aromatic rings. The molecule has 3 rings (SSSR count). The van der Waals surface area contributed by atoms with Crippen molar-refractivity contribution in [3.8, 4) is 0 Å². The first kappa shape index (κ1) is 16.7. The van der Waals surface area contributed by atoms with Gasteiger partial charge in [0.2, 0.25) is 0 Å². The van der Waals surface area contributed by atoms with Gasteiger partial charge in [-0.05, 0) is 17.2 Å². The van der Waals surface area contributed by atoms with Crippen molar-refractivity contribution in [3.05, 3.63) is 95.1 Å². The van der Waals surface area contributed by atoms with E-state index in [1.807, 2.05) is 66.7 Å². The first-order valence-corrected chi connectivity index (χ1v) is 7.87.